The zero-order valence-electron chi connectivity index (χ0n) is 20.0. The monoisotopic (exact) mass is 428 g/mol. The Hall–Kier alpha value is -1.10. The molecule has 0 aromatic carbocycles. The van der Waals surface area contributed by atoms with Crippen LogP contribution in [0, 0.1) is 0 Å². The second kappa shape index (κ2) is 21.1. The lowest BCUT2D eigenvalue weighted by molar-refractivity contribution is -0.163. The van der Waals surface area contributed by atoms with Crippen LogP contribution in [0.15, 0.2) is 0 Å². The Balaban J connectivity index is 3.50. The third-order valence-corrected chi connectivity index (χ3v) is 5.55. The summed E-state index contributed by atoms with van der Waals surface area (Å²) in [5.74, 6) is -0.917. The van der Waals surface area contributed by atoms with Gasteiger partial charge in [0.05, 0.1) is 6.10 Å². The first-order valence-electron chi connectivity index (χ1n) is 12.5. The van der Waals surface area contributed by atoms with Crippen LogP contribution >= 0.6 is 0 Å². The van der Waals surface area contributed by atoms with Crippen LogP contribution in [0.4, 0.5) is 0 Å². The van der Waals surface area contributed by atoms with Gasteiger partial charge in [-0.2, -0.15) is 0 Å². The van der Waals surface area contributed by atoms with Gasteiger partial charge in [0.25, 0.3) is 0 Å². The largest absolute Gasteiger partial charge is 0.462 e. The molecule has 0 aliphatic heterocycles. The number of rotatable bonds is 21. The summed E-state index contributed by atoms with van der Waals surface area (Å²) >= 11 is 0. The van der Waals surface area contributed by atoms with Gasteiger partial charge in [0.1, 0.15) is 6.61 Å². The van der Waals surface area contributed by atoms with Crippen LogP contribution in [0.25, 0.3) is 0 Å². The summed E-state index contributed by atoms with van der Waals surface area (Å²) in [4.78, 5) is 22.1. The summed E-state index contributed by atoms with van der Waals surface area (Å²) in [6.07, 6.45) is 19.9. The minimum atomic E-state index is -0.792. The van der Waals surface area contributed by atoms with Gasteiger partial charge in [-0.05, 0) is 6.42 Å². The summed E-state index contributed by atoms with van der Waals surface area (Å²) < 4.78 is 9.96. The van der Waals surface area contributed by atoms with Gasteiger partial charge in [-0.15, -0.1) is 0 Å². The molecular formula is C25H48O5. The molecule has 0 saturated heterocycles. The Labute approximate surface area is 185 Å². The minimum absolute atomic E-state index is 0.0884. The lowest BCUT2D eigenvalue weighted by Gasteiger charge is -2.22. The van der Waals surface area contributed by atoms with E-state index in [0.29, 0.717) is 6.42 Å². The highest BCUT2D eigenvalue weighted by atomic mass is 16.6. The molecule has 0 fully saturated rings. The highest BCUT2D eigenvalue weighted by Gasteiger charge is 2.23. The van der Waals surface area contributed by atoms with E-state index in [1.54, 1.807) is 0 Å². The Morgan fingerprint density at radius 3 is 1.43 bits per heavy atom. The minimum Gasteiger partial charge on any atom is -0.462 e. The quantitative estimate of drug-likeness (QED) is 0.167. The number of esters is 2. The van der Waals surface area contributed by atoms with E-state index in [1.165, 1.54) is 104 Å². The molecule has 0 saturated carbocycles. The predicted octanol–water partition coefficient (Wildman–Crippen LogP) is 6.49. The first-order chi connectivity index (χ1) is 14.5. The van der Waals surface area contributed by atoms with Gasteiger partial charge in [-0.25, -0.2) is 0 Å². The van der Waals surface area contributed by atoms with Gasteiger partial charge in [0.15, 0.2) is 6.10 Å². The van der Waals surface area contributed by atoms with Gasteiger partial charge >= 0.3 is 11.9 Å². The van der Waals surface area contributed by atoms with Crippen LogP contribution in [0.2, 0.25) is 0 Å². The van der Waals surface area contributed by atoms with Crippen molar-refractivity contribution in [3.8, 4) is 0 Å². The lowest BCUT2D eigenvalue weighted by atomic mass is 10.0. The molecule has 0 heterocycles. The molecule has 0 aromatic rings. The first kappa shape index (κ1) is 28.9. The van der Waals surface area contributed by atoms with Gasteiger partial charge in [0.2, 0.25) is 0 Å². The molecule has 0 amide bonds. The Morgan fingerprint density at radius 2 is 1.07 bits per heavy atom. The fourth-order valence-electron chi connectivity index (χ4n) is 3.72. The van der Waals surface area contributed by atoms with Crippen LogP contribution in [0.1, 0.15) is 130 Å². The van der Waals surface area contributed by atoms with Gasteiger partial charge in [-0.1, -0.05) is 110 Å². The zero-order chi connectivity index (χ0) is 22.5. The Morgan fingerprint density at radius 1 is 0.667 bits per heavy atom. The molecule has 0 rings (SSSR count). The number of carbonyl (C=O) groups excluding carboxylic acids is 2. The van der Waals surface area contributed by atoms with E-state index in [9.17, 15) is 14.7 Å². The van der Waals surface area contributed by atoms with Crippen molar-refractivity contribution in [3.63, 3.8) is 0 Å². The first-order valence-corrected chi connectivity index (χ1v) is 12.5. The normalized spacial score (nSPS) is 13.1. The van der Waals surface area contributed by atoms with Crippen molar-refractivity contribution in [2.45, 2.75) is 142 Å². The molecular weight excluding hydrogens is 380 g/mol. The molecule has 0 aliphatic rings. The van der Waals surface area contributed by atoms with Crippen molar-refractivity contribution < 1.29 is 24.2 Å². The molecule has 5 nitrogen and oxygen atoms in total. The summed E-state index contributed by atoms with van der Waals surface area (Å²) in [5, 5.41) is 10.2. The van der Waals surface area contributed by atoms with Gasteiger partial charge in [0, 0.05) is 13.8 Å². The highest BCUT2D eigenvalue weighted by molar-refractivity contribution is 5.67. The third kappa shape index (κ3) is 20.2. The number of hydrogen-bond acceptors (Lipinski definition) is 5. The van der Waals surface area contributed by atoms with Crippen LogP contribution in [-0.4, -0.2) is 35.9 Å². The van der Waals surface area contributed by atoms with E-state index in [-0.39, 0.29) is 6.61 Å². The Bertz CT molecular complexity index is 410. The van der Waals surface area contributed by atoms with Crippen molar-refractivity contribution in [2.24, 2.45) is 0 Å². The molecule has 30 heavy (non-hydrogen) atoms. The van der Waals surface area contributed by atoms with E-state index in [2.05, 4.69) is 6.92 Å². The molecule has 178 valence electrons. The second-order valence-corrected chi connectivity index (χ2v) is 8.61. The average Bonchev–Trinajstić information content (AvgIpc) is 2.70. The number of aliphatic hydroxyl groups excluding tert-OH is 1. The molecule has 2 unspecified atom stereocenters. The van der Waals surface area contributed by atoms with Crippen LogP contribution in [0.3, 0.4) is 0 Å². The molecule has 2 atom stereocenters. The topological polar surface area (TPSA) is 72.8 Å². The summed E-state index contributed by atoms with van der Waals surface area (Å²) in [6.45, 7) is 4.77. The maximum atomic E-state index is 11.2. The maximum absolute atomic E-state index is 11.2. The lowest BCUT2D eigenvalue weighted by Crippen LogP contribution is -2.35. The summed E-state index contributed by atoms with van der Waals surface area (Å²) in [7, 11) is 0. The fourth-order valence-corrected chi connectivity index (χ4v) is 3.72. The molecule has 0 aromatic heterocycles. The van der Waals surface area contributed by atoms with E-state index < -0.39 is 24.1 Å². The van der Waals surface area contributed by atoms with Gasteiger partial charge < -0.3 is 14.6 Å². The van der Waals surface area contributed by atoms with Gasteiger partial charge in [-0.3, -0.25) is 9.59 Å². The van der Waals surface area contributed by atoms with Crippen LogP contribution < -0.4 is 0 Å². The van der Waals surface area contributed by atoms with E-state index in [1.807, 2.05) is 0 Å². The number of ether oxygens (including phenoxy) is 2. The summed E-state index contributed by atoms with van der Waals surface area (Å²) in [6, 6.07) is 0. The van der Waals surface area contributed by atoms with E-state index in [4.69, 9.17) is 9.47 Å². The summed E-state index contributed by atoms with van der Waals surface area (Å²) in [5.41, 5.74) is 0. The van der Waals surface area contributed by atoms with E-state index in [0.717, 1.165) is 12.8 Å². The second-order valence-electron chi connectivity index (χ2n) is 8.61. The molecule has 0 aliphatic carbocycles. The third-order valence-electron chi connectivity index (χ3n) is 5.55. The molecule has 0 bridgehead atoms. The molecule has 0 spiro atoms. The number of carbonyl (C=O) groups is 2. The Kier molecular flexibility index (Phi) is 20.4. The maximum Gasteiger partial charge on any atom is 0.303 e. The van der Waals surface area contributed by atoms with Crippen LogP contribution in [0.5, 0.6) is 0 Å². The SMILES string of the molecule is CCCCCCCCCCCCCCCCCCC(O)C(COC(C)=O)OC(C)=O. The van der Waals surface area contributed by atoms with Crippen molar-refractivity contribution in [2.75, 3.05) is 6.61 Å². The van der Waals surface area contributed by atoms with Crippen molar-refractivity contribution in [1.29, 1.82) is 0 Å². The van der Waals surface area contributed by atoms with Crippen LogP contribution in [-0.2, 0) is 19.1 Å². The molecule has 0 radical (unpaired) electrons. The number of unbranched alkanes of at least 4 members (excludes halogenated alkanes) is 15. The predicted molar refractivity (Wildman–Crippen MR) is 122 cm³/mol. The van der Waals surface area contributed by atoms with Crippen molar-refractivity contribution in [1.82, 2.24) is 0 Å². The molecule has 5 heteroatoms. The fraction of sp³-hybridized carbons (Fsp3) is 0.920. The van der Waals surface area contributed by atoms with Crippen molar-refractivity contribution >= 4 is 11.9 Å². The standard InChI is InChI=1S/C25H48O5/c1-4-5-6-7-8-9-10-11-12-13-14-15-16-17-18-19-20-24(28)25(30-23(3)27)21-29-22(2)26/h24-25,28H,4-21H2,1-3H3. The van der Waals surface area contributed by atoms with E-state index >= 15 is 0 Å². The zero-order valence-corrected chi connectivity index (χ0v) is 20.0. The average molecular weight is 429 g/mol. The smallest absolute Gasteiger partial charge is 0.303 e. The number of hydrogen-bond donors (Lipinski definition) is 1. The van der Waals surface area contributed by atoms with Crippen molar-refractivity contribution in [3.05, 3.63) is 0 Å². The number of aliphatic hydroxyl groups is 1. The molecule has 1 N–H and O–H groups in total. The highest BCUT2D eigenvalue weighted by Crippen LogP contribution is 2.15.